The van der Waals surface area contributed by atoms with E-state index < -0.39 is 11.7 Å². The molecule has 1 aromatic carbocycles. The highest BCUT2D eigenvalue weighted by atomic mass is 19.1. The lowest BCUT2D eigenvalue weighted by molar-refractivity contribution is -0.131. The molecule has 1 saturated heterocycles. The van der Waals surface area contributed by atoms with E-state index in [9.17, 15) is 18.8 Å². The maximum Gasteiger partial charge on any atom is 0.408 e. The van der Waals surface area contributed by atoms with Crippen molar-refractivity contribution in [3.63, 3.8) is 0 Å². The van der Waals surface area contributed by atoms with Gasteiger partial charge in [-0.3, -0.25) is 9.59 Å². The van der Waals surface area contributed by atoms with E-state index in [1.807, 2.05) is 0 Å². The average Bonchev–Trinajstić information content (AvgIpc) is 2.90. The molecule has 1 aliphatic rings. The van der Waals surface area contributed by atoms with E-state index in [2.05, 4.69) is 5.32 Å². The largest absolute Gasteiger partial charge is 0.444 e. The van der Waals surface area contributed by atoms with Crippen LogP contribution in [0.5, 0.6) is 0 Å². The molecule has 0 aliphatic carbocycles. The van der Waals surface area contributed by atoms with Crippen molar-refractivity contribution in [2.75, 3.05) is 32.7 Å². The molecule has 0 aromatic heterocycles. The van der Waals surface area contributed by atoms with Gasteiger partial charge in [-0.15, -0.1) is 0 Å². The van der Waals surface area contributed by atoms with Crippen LogP contribution in [0.4, 0.5) is 9.18 Å². The van der Waals surface area contributed by atoms with Crippen molar-refractivity contribution in [3.05, 3.63) is 41.7 Å². The Bertz CT molecular complexity index is 756. The van der Waals surface area contributed by atoms with Gasteiger partial charge >= 0.3 is 6.09 Å². The second kappa shape index (κ2) is 10.0. The van der Waals surface area contributed by atoms with Gasteiger partial charge in [-0.2, -0.15) is 0 Å². The molecule has 1 fully saturated rings. The average molecular weight is 405 g/mol. The highest BCUT2D eigenvalue weighted by Gasteiger charge is 2.22. The molecule has 0 unspecified atom stereocenters. The quantitative estimate of drug-likeness (QED) is 0.781. The van der Waals surface area contributed by atoms with Crippen LogP contribution in [0.3, 0.4) is 0 Å². The summed E-state index contributed by atoms with van der Waals surface area (Å²) in [4.78, 5) is 39.7. The summed E-state index contributed by atoms with van der Waals surface area (Å²) in [5.41, 5.74) is 0.109. The molecular weight excluding hydrogens is 377 g/mol. The Hall–Kier alpha value is -2.90. The molecule has 29 heavy (non-hydrogen) atoms. The Labute approximate surface area is 170 Å². The fraction of sp³-hybridized carbons (Fsp3) is 0.476. The monoisotopic (exact) mass is 405 g/mol. The van der Waals surface area contributed by atoms with E-state index in [4.69, 9.17) is 4.74 Å². The number of nitrogens with one attached hydrogen (secondary N) is 1. The fourth-order valence-electron chi connectivity index (χ4n) is 2.81. The third-order valence-corrected chi connectivity index (χ3v) is 4.23. The van der Waals surface area contributed by atoms with Crippen molar-refractivity contribution in [2.24, 2.45) is 0 Å². The van der Waals surface area contributed by atoms with Crippen LogP contribution in [0.25, 0.3) is 6.08 Å². The third-order valence-electron chi connectivity index (χ3n) is 4.23. The molecule has 0 bridgehead atoms. The van der Waals surface area contributed by atoms with Crippen LogP contribution in [0.15, 0.2) is 30.3 Å². The number of carbonyl (C=O) groups is 3. The zero-order chi connectivity index (χ0) is 21.4. The Morgan fingerprint density at radius 2 is 1.69 bits per heavy atom. The second-order valence-corrected chi connectivity index (χ2v) is 7.80. The number of hydrogen-bond donors (Lipinski definition) is 1. The van der Waals surface area contributed by atoms with E-state index in [0.29, 0.717) is 32.6 Å². The van der Waals surface area contributed by atoms with Gasteiger partial charge in [0.05, 0.1) is 0 Å². The molecule has 0 radical (unpaired) electrons. The van der Waals surface area contributed by atoms with Gasteiger partial charge in [0.25, 0.3) is 0 Å². The first-order valence-electron chi connectivity index (χ1n) is 9.61. The number of alkyl carbamates (subject to hydrolysis) is 1. The van der Waals surface area contributed by atoms with Gasteiger partial charge in [-0.05, 0) is 51.0 Å². The fourth-order valence-corrected chi connectivity index (χ4v) is 2.81. The molecule has 7 nitrogen and oxygen atoms in total. The molecule has 2 rings (SSSR count). The first-order valence-corrected chi connectivity index (χ1v) is 9.61. The van der Waals surface area contributed by atoms with E-state index in [0.717, 1.165) is 5.56 Å². The number of benzene rings is 1. The smallest absolute Gasteiger partial charge is 0.408 e. The predicted octanol–water partition coefficient (Wildman–Crippen LogP) is 2.42. The SMILES string of the molecule is CC(C)(C)OC(=O)NCC(=O)N1CCCN(C(=O)/C=C/c2ccc(F)cc2)CC1. The van der Waals surface area contributed by atoms with Gasteiger partial charge in [0, 0.05) is 32.3 Å². The summed E-state index contributed by atoms with van der Waals surface area (Å²) in [7, 11) is 0. The predicted molar refractivity (Wildman–Crippen MR) is 107 cm³/mol. The van der Waals surface area contributed by atoms with Crippen molar-refractivity contribution in [1.82, 2.24) is 15.1 Å². The first kappa shape index (κ1) is 22.4. The lowest BCUT2D eigenvalue weighted by Crippen LogP contribution is -2.43. The van der Waals surface area contributed by atoms with Gasteiger partial charge in [0.15, 0.2) is 0 Å². The van der Waals surface area contributed by atoms with E-state index in [1.54, 1.807) is 48.8 Å². The summed E-state index contributed by atoms with van der Waals surface area (Å²) in [6.07, 6.45) is 3.10. The molecule has 1 N–H and O–H groups in total. The Kier molecular flexibility index (Phi) is 7.75. The van der Waals surface area contributed by atoms with Gasteiger partial charge < -0.3 is 19.9 Å². The molecule has 1 aliphatic heterocycles. The number of halogens is 1. The zero-order valence-electron chi connectivity index (χ0n) is 17.1. The molecule has 0 saturated carbocycles. The lowest BCUT2D eigenvalue weighted by atomic mass is 10.2. The minimum atomic E-state index is -0.636. The Morgan fingerprint density at radius 3 is 2.34 bits per heavy atom. The summed E-state index contributed by atoms with van der Waals surface area (Å²) in [5.74, 6) is -0.700. The molecule has 3 amide bonds. The van der Waals surface area contributed by atoms with Crippen LogP contribution >= 0.6 is 0 Å². The lowest BCUT2D eigenvalue weighted by Gasteiger charge is -2.23. The number of carbonyl (C=O) groups excluding carboxylic acids is 3. The minimum absolute atomic E-state index is 0.146. The number of rotatable bonds is 4. The molecule has 1 aromatic rings. The number of ether oxygens (including phenoxy) is 1. The summed E-state index contributed by atoms with van der Waals surface area (Å²) in [5, 5.41) is 2.46. The van der Waals surface area contributed by atoms with Gasteiger partial charge in [0.1, 0.15) is 18.0 Å². The first-order chi connectivity index (χ1) is 13.6. The Balaban J connectivity index is 1.81. The standard InChI is InChI=1S/C21H28FN3O4/c1-21(2,3)29-20(28)23-15-19(27)25-12-4-11-24(13-14-25)18(26)10-7-16-5-8-17(22)9-6-16/h5-10H,4,11-15H2,1-3H3,(H,23,28)/b10-7+. The van der Waals surface area contributed by atoms with Crippen molar-refractivity contribution in [3.8, 4) is 0 Å². The van der Waals surface area contributed by atoms with Crippen LogP contribution < -0.4 is 5.32 Å². The molecule has 158 valence electrons. The van der Waals surface area contributed by atoms with Crippen LogP contribution in [0.2, 0.25) is 0 Å². The van der Waals surface area contributed by atoms with Crippen molar-refractivity contribution in [1.29, 1.82) is 0 Å². The normalized spacial score (nSPS) is 15.2. The van der Waals surface area contributed by atoms with Crippen molar-refractivity contribution in [2.45, 2.75) is 32.8 Å². The highest BCUT2D eigenvalue weighted by Crippen LogP contribution is 2.09. The number of amides is 3. The number of nitrogens with zero attached hydrogens (tertiary/aromatic N) is 2. The van der Waals surface area contributed by atoms with Crippen molar-refractivity contribution >= 4 is 24.0 Å². The summed E-state index contributed by atoms with van der Waals surface area (Å²) in [6, 6.07) is 5.87. The van der Waals surface area contributed by atoms with Gasteiger partial charge in [0.2, 0.25) is 11.8 Å². The topological polar surface area (TPSA) is 79.0 Å². The molecule has 0 atom stereocenters. The summed E-state index contributed by atoms with van der Waals surface area (Å²) >= 11 is 0. The van der Waals surface area contributed by atoms with Gasteiger partial charge in [-0.25, -0.2) is 9.18 Å². The van der Waals surface area contributed by atoms with Crippen LogP contribution in [0, 0.1) is 5.82 Å². The van der Waals surface area contributed by atoms with Crippen LogP contribution in [0.1, 0.15) is 32.8 Å². The van der Waals surface area contributed by atoms with Crippen molar-refractivity contribution < 1.29 is 23.5 Å². The maximum absolute atomic E-state index is 12.9. The number of hydrogen-bond acceptors (Lipinski definition) is 4. The molecule has 1 heterocycles. The van der Waals surface area contributed by atoms with Gasteiger partial charge in [-0.1, -0.05) is 12.1 Å². The molecule has 0 spiro atoms. The molecule has 8 heteroatoms. The summed E-state index contributed by atoms with van der Waals surface area (Å²) in [6.45, 7) is 6.96. The highest BCUT2D eigenvalue weighted by molar-refractivity contribution is 5.92. The minimum Gasteiger partial charge on any atom is -0.444 e. The zero-order valence-corrected chi connectivity index (χ0v) is 17.1. The second-order valence-electron chi connectivity index (χ2n) is 7.80. The summed E-state index contributed by atoms with van der Waals surface area (Å²) < 4.78 is 18.0. The van der Waals surface area contributed by atoms with Crippen LogP contribution in [-0.4, -0.2) is 66.0 Å². The molecular formula is C21H28FN3O4. The maximum atomic E-state index is 12.9. The third kappa shape index (κ3) is 7.93. The van der Waals surface area contributed by atoms with E-state index in [1.165, 1.54) is 18.2 Å². The van der Waals surface area contributed by atoms with Crippen LogP contribution in [-0.2, 0) is 14.3 Å². The Morgan fingerprint density at radius 1 is 1.07 bits per heavy atom. The van der Waals surface area contributed by atoms with E-state index in [-0.39, 0.29) is 24.2 Å². The van der Waals surface area contributed by atoms with E-state index >= 15 is 0 Å².